The van der Waals surface area contributed by atoms with Gasteiger partial charge in [0, 0.05) is 26.0 Å². The number of rotatable bonds is 3. The number of para-hydroxylation sites is 1. The normalized spacial score (nSPS) is 18.0. The number of fused-ring (bicyclic) bond motifs is 1. The van der Waals surface area contributed by atoms with Crippen molar-refractivity contribution in [3.63, 3.8) is 0 Å². The minimum absolute atomic E-state index is 0.0366. The first-order valence-electron chi connectivity index (χ1n) is 7.28. The van der Waals surface area contributed by atoms with Gasteiger partial charge in [0.05, 0.1) is 6.54 Å². The van der Waals surface area contributed by atoms with Gasteiger partial charge in [0.15, 0.2) is 0 Å². The number of carbonyl (C=O) groups is 2. The minimum Gasteiger partial charge on any atom is -0.459 e. The van der Waals surface area contributed by atoms with E-state index in [1.165, 1.54) is 4.90 Å². The molecule has 0 saturated carbocycles. The van der Waals surface area contributed by atoms with E-state index < -0.39 is 6.04 Å². The van der Waals surface area contributed by atoms with Crippen LogP contribution in [0.15, 0.2) is 34.7 Å². The Hall–Kier alpha value is -2.50. The molecule has 1 aliphatic rings. The number of amides is 3. The summed E-state index contributed by atoms with van der Waals surface area (Å²) in [7, 11) is 3.43. The summed E-state index contributed by atoms with van der Waals surface area (Å²) < 4.78 is 5.70. The number of benzene rings is 1. The molecule has 1 aromatic heterocycles. The van der Waals surface area contributed by atoms with Crippen LogP contribution in [0.5, 0.6) is 0 Å². The maximum absolute atomic E-state index is 12.2. The predicted octanol–water partition coefficient (Wildman–Crippen LogP) is 1.80. The van der Waals surface area contributed by atoms with E-state index in [0.717, 1.165) is 11.0 Å². The molecule has 3 amide bonds. The largest absolute Gasteiger partial charge is 0.459 e. The van der Waals surface area contributed by atoms with Crippen molar-refractivity contribution in [2.24, 2.45) is 0 Å². The Balaban J connectivity index is 1.62. The first kappa shape index (κ1) is 14.4. The lowest BCUT2D eigenvalue weighted by molar-refractivity contribution is -0.128. The van der Waals surface area contributed by atoms with Gasteiger partial charge in [-0.2, -0.15) is 0 Å². The molecule has 0 unspecified atom stereocenters. The number of carbonyl (C=O) groups excluding carboxylic acids is 2. The topological polar surface area (TPSA) is 65.8 Å². The van der Waals surface area contributed by atoms with Crippen LogP contribution >= 0.6 is 0 Å². The lowest BCUT2D eigenvalue weighted by Crippen LogP contribution is -2.46. The monoisotopic (exact) mass is 301 g/mol. The number of hydrogen-bond donors (Lipinski definition) is 1. The van der Waals surface area contributed by atoms with E-state index in [4.69, 9.17) is 4.42 Å². The van der Waals surface area contributed by atoms with E-state index in [0.29, 0.717) is 25.3 Å². The zero-order chi connectivity index (χ0) is 15.7. The smallest absolute Gasteiger partial charge is 0.318 e. The number of furan rings is 1. The van der Waals surface area contributed by atoms with Gasteiger partial charge in [0.1, 0.15) is 17.4 Å². The molecule has 1 saturated heterocycles. The average Bonchev–Trinajstić information content (AvgIpc) is 3.04. The Labute approximate surface area is 128 Å². The van der Waals surface area contributed by atoms with E-state index in [9.17, 15) is 9.59 Å². The molecule has 1 fully saturated rings. The van der Waals surface area contributed by atoms with Gasteiger partial charge in [-0.05, 0) is 18.6 Å². The molecule has 1 aromatic carbocycles. The Morgan fingerprint density at radius 1 is 1.45 bits per heavy atom. The summed E-state index contributed by atoms with van der Waals surface area (Å²) in [6.45, 7) is 1.04. The van der Waals surface area contributed by atoms with Gasteiger partial charge in [-0.3, -0.25) is 4.79 Å². The van der Waals surface area contributed by atoms with Gasteiger partial charge in [-0.25, -0.2) is 4.79 Å². The summed E-state index contributed by atoms with van der Waals surface area (Å²) >= 11 is 0. The molecule has 0 bridgehead atoms. The molecule has 1 N–H and O–H groups in total. The van der Waals surface area contributed by atoms with Crippen LogP contribution in [0.2, 0.25) is 0 Å². The van der Waals surface area contributed by atoms with Crippen molar-refractivity contribution in [2.45, 2.75) is 19.0 Å². The van der Waals surface area contributed by atoms with E-state index in [2.05, 4.69) is 5.32 Å². The van der Waals surface area contributed by atoms with Crippen LogP contribution in [0, 0.1) is 0 Å². The third-order valence-corrected chi connectivity index (χ3v) is 3.94. The van der Waals surface area contributed by atoms with Gasteiger partial charge in [-0.1, -0.05) is 18.2 Å². The average molecular weight is 301 g/mol. The van der Waals surface area contributed by atoms with Crippen LogP contribution in [-0.4, -0.2) is 48.4 Å². The molecule has 22 heavy (non-hydrogen) atoms. The highest BCUT2D eigenvalue weighted by Gasteiger charge is 2.31. The SMILES string of the molecule is CN(Cc1cc2ccccc2o1)C(=O)N[C@H]1CCN(C)C1=O. The van der Waals surface area contributed by atoms with Crippen LogP contribution in [-0.2, 0) is 11.3 Å². The maximum atomic E-state index is 12.2. The second-order valence-electron chi connectivity index (χ2n) is 5.66. The van der Waals surface area contributed by atoms with E-state index >= 15 is 0 Å². The van der Waals surface area contributed by atoms with Crippen molar-refractivity contribution >= 4 is 22.9 Å². The minimum atomic E-state index is -0.421. The molecule has 3 rings (SSSR count). The molecule has 6 heteroatoms. The van der Waals surface area contributed by atoms with Gasteiger partial charge in [0.2, 0.25) is 5.91 Å². The van der Waals surface area contributed by atoms with Crippen LogP contribution in [0.4, 0.5) is 4.79 Å². The summed E-state index contributed by atoms with van der Waals surface area (Å²) in [6.07, 6.45) is 0.652. The fourth-order valence-corrected chi connectivity index (χ4v) is 2.64. The fourth-order valence-electron chi connectivity index (χ4n) is 2.64. The highest BCUT2D eigenvalue weighted by Crippen LogP contribution is 2.19. The van der Waals surface area contributed by atoms with Gasteiger partial charge in [0.25, 0.3) is 0 Å². The molecular weight excluding hydrogens is 282 g/mol. The Morgan fingerprint density at radius 3 is 2.91 bits per heavy atom. The summed E-state index contributed by atoms with van der Waals surface area (Å²) in [5, 5.41) is 3.78. The standard InChI is InChI=1S/C16H19N3O3/c1-18-8-7-13(15(18)20)17-16(21)19(2)10-12-9-11-5-3-4-6-14(11)22-12/h3-6,9,13H,7-8,10H2,1-2H3,(H,17,21)/t13-/m0/s1. The summed E-state index contributed by atoms with van der Waals surface area (Å²) in [6, 6.07) is 8.95. The molecule has 1 atom stereocenters. The number of nitrogens with zero attached hydrogens (tertiary/aromatic N) is 2. The second-order valence-corrected chi connectivity index (χ2v) is 5.66. The number of nitrogens with one attached hydrogen (secondary N) is 1. The third-order valence-electron chi connectivity index (χ3n) is 3.94. The fraction of sp³-hybridized carbons (Fsp3) is 0.375. The van der Waals surface area contributed by atoms with Gasteiger partial charge in [-0.15, -0.1) is 0 Å². The van der Waals surface area contributed by atoms with Crippen LogP contribution in [0.3, 0.4) is 0 Å². The van der Waals surface area contributed by atoms with Crippen LogP contribution < -0.4 is 5.32 Å². The molecule has 2 aromatic rings. The van der Waals surface area contributed by atoms with Crippen molar-refractivity contribution in [3.8, 4) is 0 Å². The first-order valence-corrected chi connectivity index (χ1v) is 7.28. The molecule has 2 heterocycles. The Bertz CT molecular complexity index is 676. The van der Waals surface area contributed by atoms with Crippen molar-refractivity contribution in [1.29, 1.82) is 0 Å². The number of likely N-dealkylation sites (N-methyl/N-ethyl adjacent to an activating group) is 1. The van der Waals surface area contributed by atoms with Crippen molar-refractivity contribution in [1.82, 2.24) is 15.1 Å². The van der Waals surface area contributed by atoms with Crippen LogP contribution in [0.1, 0.15) is 12.2 Å². The lowest BCUT2D eigenvalue weighted by atomic mass is 10.2. The van der Waals surface area contributed by atoms with Gasteiger partial charge >= 0.3 is 6.03 Å². The summed E-state index contributed by atoms with van der Waals surface area (Å²) in [4.78, 5) is 27.1. The predicted molar refractivity (Wildman–Crippen MR) is 82.3 cm³/mol. The zero-order valence-electron chi connectivity index (χ0n) is 12.7. The Kier molecular flexibility index (Phi) is 3.75. The number of hydrogen-bond acceptors (Lipinski definition) is 3. The number of likely N-dealkylation sites (tertiary alicyclic amines) is 1. The second kappa shape index (κ2) is 5.71. The van der Waals surface area contributed by atoms with E-state index in [-0.39, 0.29) is 11.9 Å². The highest BCUT2D eigenvalue weighted by atomic mass is 16.3. The highest BCUT2D eigenvalue weighted by molar-refractivity contribution is 5.88. The van der Waals surface area contributed by atoms with Crippen molar-refractivity contribution < 1.29 is 14.0 Å². The summed E-state index contributed by atoms with van der Waals surface area (Å²) in [5.41, 5.74) is 0.805. The molecule has 0 radical (unpaired) electrons. The lowest BCUT2D eigenvalue weighted by Gasteiger charge is -2.19. The molecule has 116 valence electrons. The van der Waals surface area contributed by atoms with Crippen molar-refractivity contribution in [2.75, 3.05) is 20.6 Å². The number of urea groups is 1. The molecular formula is C16H19N3O3. The molecule has 6 nitrogen and oxygen atoms in total. The van der Waals surface area contributed by atoms with Gasteiger partial charge < -0.3 is 19.5 Å². The first-order chi connectivity index (χ1) is 10.5. The Morgan fingerprint density at radius 2 is 2.23 bits per heavy atom. The van der Waals surface area contributed by atoms with E-state index in [1.807, 2.05) is 30.3 Å². The third kappa shape index (κ3) is 2.77. The molecule has 0 aliphatic carbocycles. The van der Waals surface area contributed by atoms with Crippen LogP contribution in [0.25, 0.3) is 11.0 Å². The maximum Gasteiger partial charge on any atom is 0.318 e. The molecule has 0 spiro atoms. The van der Waals surface area contributed by atoms with E-state index in [1.54, 1.807) is 19.0 Å². The zero-order valence-corrected chi connectivity index (χ0v) is 12.7. The quantitative estimate of drug-likeness (QED) is 0.940. The molecule has 1 aliphatic heterocycles. The summed E-state index contributed by atoms with van der Waals surface area (Å²) in [5.74, 6) is 0.680. The van der Waals surface area contributed by atoms with Crippen molar-refractivity contribution in [3.05, 3.63) is 36.1 Å².